The van der Waals surface area contributed by atoms with Crippen molar-refractivity contribution in [2.45, 2.75) is 74.3 Å². The maximum Gasteiger partial charge on any atom is 0.136 e. The lowest BCUT2D eigenvalue weighted by atomic mass is 9.42. The first kappa shape index (κ1) is 23.1. The standard InChI is InChI=1S/C25H41NO7/c1-6-26-11-22(12-30-2)8-7-16(27)24-14-9-13-15(31-3)10-23(28,17(14)18(13)32-4)25(29,21(24)26)20(33-5)19(22)24/h13-21,27-29H,6-12H2,1-5H3/t13-,14?,15-,16+,17?,18+,19?,20?,21+,22+,23-,24+,25-/m1/s1. The number of methoxy groups -OCH3 is 4. The van der Waals surface area contributed by atoms with Crippen molar-refractivity contribution in [1.29, 1.82) is 0 Å². The van der Waals surface area contributed by atoms with Crippen LogP contribution in [-0.4, -0.2) is 110 Å². The zero-order valence-corrected chi connectivity index (χ0v) is 20.6. The predicted molar refractivity (Wildman–Crippen MR) is 119 cm³/mol. The van der Waals surface area contributed by atoms with Crippen LogP contribution in [-0.2, 0) is 18.9 Å². The van der Waals surface area contributed by atoms with Crippen molar-refractivity contribution in [1.82, 2.24) is 4.90 Å². The molecule has 1 aliphatic heterocycles. The Balaban J connectivity index is 1.67. The predicted octanol–water partition coefficient (Wildman–Crippen LogP) is 0.271. The third-order valence-corrected chi connectivity index (χ3v) is 11.5. The number of ether oxygens (including phenoxy) is 4. The van der Waals surface area contributed by atoms with Gasteiger partial charge in [0.15, 0.2) is 0 Å². The largest absolute Gasteiger partial charge is 0.392 e. The topological polar surface area (TPSA) is 101 Å². The molecule has 5 saturated carbocycles. The van der Waals surface area contributed by atoms with E-state index in [0.29, 0.717) is 19.4 Å². The highest BCUT2D eigenvalue weighted by Gasteiger charge is 2.91. The van der Waals surface area contributed by atoms with Gasteiger partial charge < -0.3 is 34.3 Å². The second-order valence-corrected chi connectivity index (χ2v) is 11.9. The Hall–Kier alpha value is -0.320. The molecule has 5 aliphatic carbocycles. The molecule has 1 heterocycles. The van der Waals surface area contributed by atoms with E-state index in [1.165, 1.54) is 0 Å². The molecule has 1 spiro atoms. The number of piperidine rings is 1. The summed E-state index contributed by atoms with van der Waals surface area (Å²) >= 11 is 0. The maximum atomic E-state index is 12.9. The molecular formula is C25H41NO7. The summed E-state index contributed by atoms with van der Waals surface area (Å²) in [7, 11) is 6.79. The van der Waals surface area contributed by atoms with Crippen molar-refractivity contribution in [3.8, 4) is 0 Å². The van der Waals surface area contributed by atoms with Crippen LogP contribution in [0.4, 0.5) is 0 Å². The van der Waals surface area contributed by atoms with Gasteiger partial charge in [-0.25, -0.2) is 0 Å². The Morgan fingerprint density at radius 2 is 1.82 bits per heavy atom. The molecule has 4 unspecified atom stereocenters. The quantitative estimate of drug-likeness (QED) is 0.512. The molecule has 0 aromatic heterocycles. The maximum absolute atomic E-state index is 12.9. The average Bonchev–Trinajstić information content (AvgIpc) is 3.22. The van der Waals surface area contributed by atoms with Crippen LogP contribution in [0.15, 0.2) is 0 Å². The van der Waals surface area contributed by atoms with E-state index in [2.05, 4.69) is 11.8 Å². The minimum Gasteiger partial charge on any atom is -0.392 e. The van der Waals surface area contributed by atoms with E-state index in [0.717, 1.165) is 25.9 Å². The molecule has 6 fully saturated rings. The number of aliphatic hydroxyl groups is 3. The molecule has 6 rings (SSSR count). The van der Waals surface area contributed by atoms with Crippen molar-refractivity contribution >= 4 is 0 Å². The molecule has 33 heavy (non-hydrogen) atoms. The zero-order valence-electron chi connectivity index (χ0n) is 20.6. The number of rotatable bonds is 6. The first-order chi connectivity index (χ1) is 15.8. The summed E-state index contributed by atoms with van der Waals surface area (Å²) in [5.41, 5.74) is -3.82. The van der Waals surface area contributed by atoms with Gasteiger partial charge in [0.05, 0.1) is 37.1 Å². The van der Waals surface area contributed by atoms with Crippen molar-refractivity contribution in [3.05, 3.63) is 0 Å². The van der Waals surface area contributed by atoms with Gasteiger partial charge in [-0.1, -0.05) is 6.92 Å². The van der Waals surface area contributed by atoms with Crippen LogP contribution < -0.4 is 0 Å². The summed E-state index contributed by atoms with van der Waals surface area (Å²) in [5.74, 6) is -0.231. The lowest BCUT2D eigenvalue weighted by Gasteiger charge is -2.69. The number of nitrogens with zero attached hydrogens (tertiary/aromatic N) is 1. The number of likely N-dealkylation sites (tertiary alicyclic amines) is 1. The van der Waals surface area contributed by atoms with E-state index >= 15 is 0 Å². The van der Waals surface area contributed by atoms with Gasteiger partial charge in [-0.2, -0.15) is 0 Å². The average molecular weight is 468 g/mol. The van der Waals surface area contributed by atoms with E-state index in [1.54, 1.807) is 28.4 Å². The van der Waals surface area contributed by atoms with E-state index in [4.69, 9.17) is 18.9 Å². The van der Waals surface area contributed by atoms with Crippen LogP contribution in [0.5, 0.6) is 0 Å². The van der Waals surface area contributed by atoms with Crippen molar-refractivity contribution in [2.24, 2.45) is 34.5 Å². The fraction of sp³-hybridized carbons (Fsp3) is 1.00. The molecule has 0 amide bonds. The van der Waals surface area contributed by atoms with Crippen LogP contribution in [0, 0.1) is 34.5 Å². The fourth-order valence-electron chi connectivity index (χ4n) is 11.0. The van der Waals surface area contributed by atoms with Crippen LogP contribution >= 0.6 is 0 Å². The number of hydrogen-bond acceptors (Lipinski definition) is 8. The summed E-state index contributed by atoms with van der Waals surface area (Å²) in [6, 6.07) is -0.386. The molecule has 3 N–H and O–H groups in total. The monoisotopic (exact) mass is 467 g/mol. The summed E-state index contributed by atoms with van der Waals surface area (Å²) in [4.78, 5) is 2.33. The highest BCUT2D eigenvalue weighted by Crippen LogP contribution is 2.80. The zero-order chi connectivity index (χ0) is 23.6. The Kier molecular flexibility index (Phi) is 4.99. The Morgan fingerprint density at radius 3 is 2.42 bits per heavy atom. The lowest BCUT2D eigenvalue weighted by molar-refractivity contribution is -0.318. The number of aliphatic hydroxyl groups excluding tert-OH is 1. The minimum absolute atomic E-state index is 0.00825. The summed E-state index contributed by atoms with van der Waals surface area (Å²) in [6.45, 7) is 4.18. The van der Waals surface area contributed by atoms with E-state index in [9.17, 15) is 15.3 Å². The van der Waals surface area contributed by atoms with E-state index in [1.807, 2.05) is 0 Å². The molecule has 0 aromatic rings. The molecule has 0 aromatic carbocycles. The van der Waals surface area contributed by atoms with Gasteiger partial charge in [0, 0.05) is 70.0 Å². The third kappa shape index (κ3) is 2.20. The number of likely N-dealkylation sites (N-methyl/N-ethyl adjacent to an activating group) is 1. The summed E-state index contributed by atoms with van der Waals surface area (Å²) < 4.78 is 24.0. The Bertz CT molecular complexity index is 814. The molecule has 0 radical (unpaired) electrons. The van der Waals surface area contributed by atoms with Gasteiger partial charge in [0.1, 0.15) is 11.2 Å². The van der Waals surface area contributed by atoms with Crippen molar-refractivity contribution < 1.29 is 34.3 Å². The number of hydrogen-bond donors (Lipinski definition) is 3. The van der Waals surface area contributed by atoms with Gasteiger partial charge in [0.2, 0.25) is 0 Å². The molecule has 8 heteroatoms. The molecule has 188 valence electrons. The van der Waals surface area contributed by atoms with Crippen molar-refractivity contribution in [3.63, 3.8) is 0 Å². The molecule has 8 nitrogen and oxygen atoms in total. The second-order valence-electron chi connectivity index (χ2n) is 11.9. The molecule has 1 saturated heterocycles. The van der Waals surface area contributed by atoms with Crippen LogP contribution in [0.1, 0.15) is 32.6 Å². The van der Waals surface area contributed by atoms with Gasteiger partial charge in [0.25, 0.3) is 0 Å². The Morgan fingerprint density at radius 1 is 1.06 bits per heavy atom. The van der Waals surface area contributed by atoms with Crippen LogP contribution in [0.3, 0.4) is 0 Å². The normalized spacial score (nSPS) is 60.9. The minimum atomic E-state index is -1.55. The molecular weight excluding hydrogens is 426 g/mol. The smallest absolute Gasteiger partial charge is 0.136 e. The highest BCUT2D eigenvalue weighted by atomic mass is 16.5. The molecule has 6 aliphatic rings. The van der Waals surface area contributed by atoms with E-state index < -0.39 is 28.8 Å². The first-order valence-electron chi connectivity index (χ1n) is 12.7. The number of fused-ring (bicyclic) bond motifs is 2. The van der Waals surface area contributed by atoms with Crippen molar-refractivity contribution in [2.75, 3.05) is 48.1 Å². The van der Waals surface area contributed by atoms with Crippen LogP contribution in [0.2, 0.25) is 0 Å². The fourth-order valence-corrected chi connectivity index (χ4v) is 11.0. The third-order valence-electron chi connectivity index (χ3n) is 11.5. The lowest BCUT2D eigenvalue weighted by Crippen LogP contribution is -2.82. The van der Waals surface area contributed by atoms with Gasteiger partial charge >= 0.3 is 0 Å². The first-order valence-corrected chi connectivity index (χ1v) is 12.7. The van der Waals surface area contributed by atoms with Gasteiger partial charge in [-0.15, -0.1) is 0 Å². The Labute approximate surface area is 196 Å². The van der Waals surface area contributed by atoms with Crippen LogP contribution in [0.25, 0.3) is 0 Å². The molecule has 13 atom stereocenters. The highest BCUT2D eigenvalue weighted by molar-refractivity contribution is 5.41. The SMILES string of the molecule is CCN1C[C@]2(COC)CC[C@H](O)[C@@]34C5C[C@H]6[C@H](OC)C5[C@](O)(C[C@H]6OC)[C@@](O)(C(OC)C23)[C@@H]14. The van der Waals surface area contributed by atoms with E-state index in [-0.39, 0.29) is 47.3 Å². The van der Waals surface area contributed by atoms with Gasteiger partial charge in [-0.05, 0) is 31.7 Å². The molecule has 7 bridgehead atoms. The van der Waals surface area contributed by atoms with Gasteiger partial charge in [-0.3, -0.25) is 4.90 Å². The summed E-state index contributed by atoms with van der Waals surface area (Å²) in [6.07, 6.45) is 1.06. The second kappa shape index (κ2) is 7.13. The summed E-state index contributed by atoms with van der Waals surface area (Å²) in [5, 5.41) is 37.6.